The highest BCUT2D eigenvalue weighted by atomic mass is 32.2. The molecule has 0 saturated carbocycles. The van der Waals surface area contributed by atoms with Crippen molar-refractivity contribution in [2.45, 2.75) is 17.9 Å². The summed E-state index contributed by atoms with van der Waals surface area (Å²) in [5, 5.41) is 11.2. The molecule has 5 heteroatoms. The van der Waals surface area contributed by atoms with E-state index in [1.165, 1.54) is 6.92 Å². The molecule has 0 fully saturated rings. The van der Waals surface area contributed by atoms with Crippen molar-refractivity contribution in [3.63, 3.8) is 0 Å². The normalized spacial score (nSPS) is 16.2. The first-order valence-corrected chi connectivity index (χ1v) is 5.35. The van der Waals surface area contributed by atoms with Gasteiger partial charge in [0, 0.05) is 17.6 Å². The number of thioether (sulfide) groups is 1. The highest BCUT2D eigenvalue weighted by Crippen LogP contribution is 2.17. The van der Waals surface area contributed by atoms with E-state index in [9.17, 15) is 9.59 Å². The maximum Gasteiger partial charge on any atom is 0.327 e. The van der Waals surface area contributed by atoms with Crippen LogP contribution in [0.2, 0.25) is 0 Å². The van der Waals surface area contributed by atoms with Crippen LogP contribution >= 0.6 is 11.8 Å². The number of carboxylic acid groups (broad SMARTS) is 1. The highest BCUT2D eigenvalue weighted by molar-refractivity contribution is 7.99. The molecule has 1 aromatic rings. The maximum absolute atomic E-state index is 11.0. The van der Waals surface area contributed by atoms with Crippen LogP contribution in [0.1, 0.15) is 13.8 Å². The van der Waals surface area contributed by atoms with Gasteiger partial charge in [0.25, 0.3) is 0 Å². The van der Waals surface area contributed by atoms with Crippen LogP contribution < -0.4 is 5.32 Å². The van der Waals surface area contributed by atoms with Gasteiger partial charge in [0.2, 0.25) is 5.91 Å². The van der Waals surface area contributed by atoms with Crippen LogP contribution in [0, 0.1) is 0 Å². The zero-order chi connectivity index (χ0) is 16.3. The Labute approximate surface area is 105 Å². The Bertz CT molecular complexity index is 567. The summed E-state index contributed by atoms with van der Waals surface area (Å²) in [5.41, 5.74) is 0. The number of nitrogens with one attached hydrogen (secondary N) is 1. The lowest BCUT2D eigenvalue weighted by molar-refractivity contribution is -0.140. The molecule has 0 spiro atoms. The summed E-state index contributed by atoms with van der Waals surface area (Å²) < 4.78 is 37.9. The van der Waals surface area contributed by atoms with E-state index in [4.69, 9.17) is 12.0 Å². The lowest BCUT2D eigenvalue weighted by Crippen LogP contribution is -2.41. The quantitative estimate of drug-likeness (QED) is 0.768. The number of carbonyl (C=O) groups is 2. The van der Waals surface area contributed by atoms with Crippen molar-refractivity contribution in [3.8, 4) is 0 Å². The number of carboxylic acids is 1. The van der Waals surface area contributed by atoms with Crippen LogP contribution in [0.5, 0.6) is 0 Å². The highest BCUT2D eigenvalue weighted by Gasteiger charge is 2.18. The van der Waals surface area contributed by atoms with Gasteiger partial charge in [0.15, 0.2) is 0 Å². The fourth-order valence-electron chi connectivity index (χ4n) is 0.897. The standard InChI is InChI=1S/C11H13NO3S/c1-8(13)12-10(11(14)15)7-16-9-5-3-2-4-6-9/h2-6,10H,7H2,1H3,(H,12,13)(H,14,15)/t10-/m0/s1/i2D,3D,4D,5D,6D. The molecular weight excluding hydrogens is 226 g/mol. The van der Waals surface area contributed by atoms with Gasteiger partial charge >= 0.3 is 5.97 Å². The summed E-state index contributed by atoms with van der Waals surface area (Å²) in [4.78, 5) is 21.9. The second-order valence-corrected chi connectivity index (χ2v) is 3.89. The number of rotatable bonds is 5. The van der Waals surface area contributed by atoms with Crippen molar-refractivity contribution >= 4 is 23.6 Å². The smallest absolute Gasteiger partial charge is 0.327 e. The third-order valence-corrected chi connectivity index (χ3v) is 2.54. The summed E-state index contributed by atoms with van der Waals surface area (Å²) in [7, 11) is 0. The zero-order valence-corrected chi connectivity index (χ0v) is 9.27. The number of hydrogen-bond donors (Lipinski definition) is 2. The Morgan fingerprint density at radius 1 is 1.50 bits per heavy atom. The molecule has 86 valence electrons. The second kappa shape index (κ2) is 6.17. The average molecular weight is 244 g/mol. The van der Waals surface area contributed by atoms with E-state index in [0.29, 0.717) is 0 Å². The van der Waals surface area contributed by atoms with Crippen molar-refractivity contribution in [3.05, 3.63) is 30.2 Å². The molecule has 1 atom stereocenters. The minimum Gasteiger partial charge on any atom is -0.480 e. The Hall–Kier alpha value is -1.49. The molecule has 0 unspecified atom stereocenters. The van der Waals surface area contributed by atoms with Crippen molar-refractivity contribution in [1.29, 1.82) is 0 Å². The molecule has 0 aliphatic rings. The van der Waals surface area contributed by atoms with Crippen LogP contribution in [-0.2, 0) is 9.59 Å². The van der Waals surface area contributed by atoms with Crippen LogP contribution in [0.25, 0.3) is 0 Å². The number of aliphatic carboxylic acids is 1. The fraction of sp³-hybridized carbons (Fsp3) is 0.273. The van der Waals surface area contributed by atoms with Gasteiger partial charge in [-0.1, -0.05) is 18.1 Å². The summed E-state index contributed by atoms with van der Waals surface area (Å²) in [6, 6.07) is -3.46. The Morgan fingerprint density at radius 2 is 2.12 bits per heavy atom. The molecule has 1 amide bonds. The van der Waals surface area contributed by atoms with E-state index in [-0.39, 0.29) is 10.6 Å². The summed E-state index contributed by atoms with van der Waals surface area (Å²) in [6.07, 6.45) is 0. The van der Waals surface area contributed by atoms with Crippen molar-refractivity contribution < 1.29 is 21.5 Å². The summed E-state index contributed by atoms with van der Waals surface area (Å²) in [6.45, 7) is 1.17. The number of amides is 1. The molecule has 1 rings (SSSR count). The lowest BCUT2D eigenvalue weighted by atomic mass is 10.3. The van der Waals surface area contributed by atoms with E-state index in [0.717, 1.165) is 11.8 Å². The van der Waals surface area contributed by atoms with Crippen molar-refractivity contribution in [2.24, 2.45) is 0 Å². The lowest BCUT2D eigenvalue weighted by Gasteiger charge is -2.12. The minimum absolute atomic E-state index is 0.0439. The Kier molecular flexibility index (Phi) is 2.68. The molecule has 16 heavy (non-hydrogen) atoms. The van der Waals surface area contributed by atoms with Gasteiger partial charge in [-0.2, -0.15) is 0 Å². The van der Waals surface area contributed by atoms with Gasteiger partial charge in [0.05, 0.1) is 6.85 Å². The molecule has 0 aliphatic heterocycles. The van der Waals surface area contributed by atoms with E-state index >= 15 is 0 Å². The zero-order valence-electron chi connectivity index (χ0n) is 13.5. The fourth-order valence-corrected chi connectivity index (χ4v) is 1.70. The van der Waals surface area contributed by atoms with Crippen LogP contribution in [-0.4, -0.2) is 28.8 Å². The molecule has 2 N–H and O–H groups in total. The first kappa shape index (κ1) is 6.96. The molecule has 0 aromatic heterocycles. The SMILES string of the molecule is [2H]c1c([2H])c([2H])c(SC[C@H](NC(C)=O)C(=O)O)c([2H])c1[2H]. The average Bonchev–Trinajstić information content (AvgIpc) is 2.41. The number of benzene rings is 1. The monoisotopic (exact) mass is 244 g/mol. The largest absolute Gasteiger partial charge is 0.480 e. The number of hydrogen-bond acceptors (Lipinski definition) is 3. The van der Waals surface area contributed by atoms with Crippen LogP contribution in [0.15, 0.2) is 35.1 Å². The van der Waals surface area contributed by atoms with E-state index in [2.05, 4.69) is 5.32 Å². The molecular formula is C11H13NO3S. The number of carbonyl (C=O) groups excluding carboxylic acids is 1. The Morgan fingerprint density at radius 3 is 2.62 bits per heavy atom. The Balaban J connectivity index is 3.03. The van der Waals surface area contributed by atoms with Gasteiger partial charge < -0.3 is 10.4 Å². The predicted octanol–water partition coefficient (Wildman–Crippen LogP) is 1.37. The topological polar surface area (TPSA) is 66.4 Å². The second-order valence-electron chi connectivity index (χ2n) is 2.86. The summed E-state index contributed by atoms with van der Waals surface area (Å²) in [5.74, 6) is -1.93. The minimum atomic E-state index is -1.26. The molecule has 0 bridgehead atoms. The van der Waals surface area contributed by atoms with Crippen molar-refractivity contribution in [2.75, 3.05) is 5.75 Å². The van der Waals surface area contributed by atoms with Gasteiger partial charge in [0.1, 0.15) is 6.04 Å². The van der Waals surface area contributed by atoms with Gasteiger partial charge in [-0.05, 0) is 12.1 Å². The third-order valence-electron chi connectivity index (χ3n) is 1.55. The first-order valence-electron chi connectivity index (χ1n) is 6.86. The van der Waals surface area contributed by atoms with Gasteiger partial charge in [-0.3, -0.25) is 4.79 Å². The van der Waals surface area contributed by atoms with E-state index < -0.39 is 48.1 Å². The molecule has 0 heterocycles. The van der Waals surface area contributed by atoms with Gasteiger partial charge in [-0.25, -0.2) is 4.79 Å². The third kappa shape index (κ3) is 4.35. The van der Waals surface area contributed by atoms with Crippen LogP contribution in [0.4, 0.5) is 0 Å². The van der Waals surface area contributed by atoms with E-state index in [1.54, 1.807) is 0 Å². The summed E-state index contributed by atoms with van der Waals surface area (Å²) >= 11 is 0.795. The molecule has 0 saturated heterocycles. The van der Waals surface area contributed by atoms with Gasteiger partial charge in [-0.15, -0.1) is 11.8 Å². The molecule has 4 nitrogen and oxygen atoms in total. The molecule has 1 aromatic carbocycles. The van der Waals surface area contributed by atoms with Crippen molar-refractivity contribution in [1.82, 2.24) is 5.32 Å². The molecule has 0 aliphatic carbocycles. The molecule has 0 radical (unpaired) electrons. The predicted molar refractivity (Wildman–Crippen MR) is 62.4 cm³/mol. The first-order chi connectivity index (χ1) is 9.66. The van der Waals surface area contributed by atoms with Crippen LogP contribution in [0.3, 0.4) is 0 Å². The maximum atomic E-state index is 11.0. The van der Waals surface area contributed by atoms with E-state index in [1.807, 2.05) is 0 Å².